The minimum absolute atomic E-state index is 0.0794. The number of nitrogens with zero attached hydrogens (tertiary/aromatic N) is 5. The Morgan fingerprint density at radius 3 is 2.61 bits per heavy atom. The zero-order valence-corrected chi connectivity index (χ0v) is 17.9. The second kappa shape index (κ2) is 11.5. The number of carbonyl (C=O) groups excluding carboxylic acids is 1. The van der Waals surface area contributed by atoms with Gasteiger partial charge in [-0.25, -0.2) is 9.88 Å². The molecule has 2 rings (SSSR count). The summed E-state index contributed by atoms with van der Waals surface area (Å²) in [5, 5.41) is 21.5. The maximum atomic E-state index is 13.8. The predicted octanol–water partition coefficient (Wildman–Crippen LogP) is 2.63. The van der Waals surface area contributed by atoms with Gasteiger partial charge in [0.05, 0.1) is 29.2 Å². The smallest absolute Gasteiger partial charge is 0.253 e. The van der Waals surface area contributed by atoms with Gasteiger partial charge < -0.3 is 16.0 Å². The number of rotatable bonds is 11. The van der Waals surface area contributed by atoms with Crippen LogP contribution < -0.4 is 16.0 Å². The molecule has 4 N–H and O–H groups in total. The summed E-state index contributed by atoms with van der Waals surface area (Å²) in [6.07, 6.45) is 5.18. The van der Waals surface area contributed by atoms with Crippen LogP contribution in [0.25, 0.3) is 0 Å². The molecule has 1 amide bonds. The van der Waals surface area contributed by atoms with Gasteiger partial charge in [-0.2, -0.15) is 10.5 Å². The van der Waals surface area contributed by atoms with Crippen molar-refractivity contribution in [3.8, 4) is 12.1 Å². The highest BCUT2D eigenvalue weighted by Gasteiger charge is 2.38. The summed E-state index contributed by atoms with van der Waals surface area (Å²) < 4.78 is 0. The highest BCUT2D eigenvalue weighted by molar-refractivity contribution is 6.04. The van der Waals surface area contributed by atoms with E-state index in [1.54, 1.807) is 26.2 Å². The third-order valence-corrected chi connectivity index (χ3v) is 4.84. The van der Waals surface area contributed by atoms with Crippen molar-refractivity contribution in [3.63, 3.8) is 0 Å². The fourth-order valence-corrected chi connectivity index (χ4v) is 3.10. The van der Waals surface area contributed by atoms with Crippen LogP contribution in [0.5, 0.6) is 0 Å². The quantitative estimate of drug-likeness (QED) is 0.289. The van der Waals surface area contributed by atoms with Crippen LogP contribution in [0.1, 0.15) is 33.1 Å². The lowest BCUT2D eigenvalue weighted by Gasteiger charge is -2.34. The second-order valence-corrected chi connectivity index (χ2v) is 7.39. The summed E-state index contributed by atoms with van der Waals surface area (Å²) >= 11 is 0. The normalized spacial score (nSPS) is 13.3. The lowest BCUT2D eigenvalue weighted by molar-refractivity contribution is -0.124. The lowest BCUT2D eigenvalue weighted by Crippen LogP contribution is -2.56. The summed E-state index contributed by atoms with van der Waals surface area (Å²) in [4.78, 5) is 26.8. The molecule has 0 saturated heterocycles. The summed E-state index contributed by atoms with van der Waals surface area (Å²) in [7, 11) is 0. The molecule has 0 radical (unpaired) electrons. The molecule has 0 spiro atoms. The third kappa shape index (κ3) is 6.66. The summed E-state index contributed by atoms with van der Waals surface area (Å²) in [5.74, 6) is -0.173. The zero-order valence-electron chi connectivity index (χ0n) is 17.9. The monoisotopic (exact) mass is 420 g/mol. The number of para-hydroxylation sites is 1. The van der Waals surface area contributed by atoms with Crippen molar-refractivity contribution in [3.05, 3.63) is 42.7 Å². The maximum Gasteiger partial charge on any atom is 0.253 e. The van der Waals surface area contributed by atoms with E-state index in [0.29, 0.717) is 36.9 Å². The van der Waals surface area contributed by atoms with Crippen LogP contribution in [0.2, 0.25) is 0 Å². The van der Waals surface area contributed by atoms with E-state index < -0.39 is 11.5 Å². The minimum atomic E-state index is -1.03. The molecule has 0 fully saturated rings. The highest BCUT2D eigenvalue weighted by atomic mass is 16.2. The highest BCUT2D eigenvalue weighted by Crippen LogP contribution is 2.28. The molecule has 0 aliphatic rings. The Bertz CT molecular complexity index is 924. The van der Waals surface area contributed by atoms with E-state index in [-0.39, 0.29) is 12.5 Å². The first kappa shape index (κ1) is 23.6. The Morgan fingerprint density at radius 2 is 2.03 bits per heavy atom. The first-order valence-corrected chi connectivity index (χ1v) is 10.1. The first-order chi connectivity index (χ1) is 14.9. The van der Waals surface area contributed by atoms with Gasteiger partial charge in [0.2, 0.25) is 5.95 Å². The van der Waals surface area contributed by atoms with E-state index in [1.807, 2.05) is 42.5 Å². The number of carbonyl (C=O) groups is 1. The van der Waals surface area contributed by atoms with Crippen molar-refractivity contribution in [1.82, 2.24) is 15.3 Å². The molecule has 1 heterocycles. The van der Waals surface area contributed by atoms with E-state index >= 15 is 0 Å². The molecule has 162 valence electrons. The van der Waals surface area contributed by atoms with Crippen molar-refractivity contribution < 1.29 is 4.79 Å². The van der Waals surface area contributed by atoms with E-state index in [0.717, 1.165) is 6.42 Å². The minimum Gasteiger partial charge on any atom is -0.388 e. The van der Waals surface area contributed by atoms with Gasteiger partial charge in [0.15, 0.2) is 0 Å². The van der Waals surface area contributed by atoms with Gasteiger partial charge in [-0.1, -0.05) is 18.2 Å². The zero-order chi connectivity index (χ0) is 22.7. The Hall–Kier alpha value is -3.69. The van der Waals surface area contributed by atoms with Crippen molar-refractivity contribution in [2.24, 2.45) is 16.6 Å². The summed E-state index contributed by atoms with van der Waals surface area (Å²) in [5.41, 5.74) is 5.22. The SMILES string of the molecule is CC(N)=NCCCC[C@](C)(NCC(C#N)C#N)C(=O)N(c1ccccc1)c1ncc[nH]1. The average molecular weight is 421 g/mol. The fourth-order valence-electron chi connectivity index (χ4n) is 3.10. The Labute approximate surface area is 182 Å². The number of amidine groups is 1. The number of aromatic amines is 1. The fraction of sp³-hybridized carbons (Fsp3) is 0.409. The first-order valence-electron chi connectivity index (χ1n) is 10.1. The van der Waals surface area contributed by atoms with Gasteiger partial charge in [-0.05, 0) is 45.2 Å². The lowest BCUT2D eigenvalue weighted by atomic mass is 9.91. The van der Waals surface area contributed by atoms with Gasteiger partial charge in [0, 0.05) is 25.5 Å². The number of H-pyrrole nitrogens is 1. The van der Waals surface area contributed by atoms with E-state index in [2.05, 4.69) is 20.3 Å². The molecule has 1 atom stereocenters. The third-order valence-electron chi connectivity index (χ3n) is 4.84. The topological polar surface area (TPSA) is 147 Å². The molecule has 1 aromatic heterocycles. The molecule has 9 nitrogen and oxygen atoms in total. The van der Waals surface area contributed by atoms with Crippen LogP contribution in [0.3, 0.4) is 0 Å². The van der Waals surface area contributed by atoms with Crippen LogP contribution in [0.4, 0.5) is 11.6 Å². The number of aromatic nitrogens is 2. The number of aliphatic imine (C=N–C) groups is 1. The number of nitrogens with one attached hydrogen (secondary N) is 2. The molecular formula is C22H28N8O. The Kier molecular flexibility index (Phi) is 8.74. The number of hydrogen-bond donors (Lipinski definition) is 3. The molecule has 0 saturated carbocycles. The number of anilines is 2. The Balaban J connectivity index is 2.30. The molecule has 9 heteroatoms. The number of imidazole rings is 1. The van der Waals surface area contributed by atoms with Gasteiger partial charge in [-0.3, -0.25) is 9.79 Å². The number of unbranched alkanes of at least 4 members (excludes halogenated alkanes) is 1. The van der Waals surface area contributed by atoms with E-state index in [9.17, 15) is 4.79 Å². The standard InChI is InChI=1S/C22H28N8O/c1-17(25)26-11-7-6-10-22(2,29-16-18(14-23)15-24)20(31)30(21-27-12-13-28-21)19-8-4-3-5-9-19/h3-5,8-9,12-13,18,29H,6-7,10-11,16H2,1-2H3,(H2,25,26)(H,27,28)/t22-/m0/s1. The van der Waals surface area contributed by atoms with Crippen molar-refractivity contribution in [2.45, 2.75) is 38.6 Å². The molecule has 0 bridgehead atoms. The summed E-state index contributed by atoms with van der Waals surface area (Å²) in [6.45, 7) is 4.18. The van der Waals surface area contributed by atoms with Crippen molar-refractivity contribution in [1.29, 1.82) is 10.5 Å². The molecule has 0 unspecified atom stereocenters. The van der Waals surface area contributed by atoms with Gasteiger partial charge in [-0.15, -0.1) is 0 Å². The number of hydrogen-bond acceptors (Lipinski definition) is 6. The maximum absolute atomic E-state index is 13.8. The average Bonchev–Trinajstić information content (AvgIpc) is 3.29. The van der Waals surface area contributed by atoms with Crippen LogP contribution in [0.15, 0.2) is 47.7 Å². The number of nitriles is 2. The largest absolute Gasteiger partial charge is 0.388 e. The van der Waals surface area contributed by atoms with E-state index in [1.165, 1.54) is 4.90 Å². The van der Waals surface area contributed by atoms with Gasteiger partial charge in [0.25, 0.3) is 5.91 Å². The van der Waals surface area contributed by atoms with Gasteiger partial charge in [0.1, 0.15) is 5.92 Å². The van der Waals surface area contributed by atoms with Crippen LogP contribution in [-0.4, -0.2) is 40.3 Å². The molecule has 0 aliphatic heterocycles. The van der Waals surface area contributed by atoms with Crippen molar-refractivity contribution in [2.75, 3.05) is 18.0 Å². The Morgan fingerprint density at radius 1 is 1.32 bits per heavy atom. The molecular weight excluding hydrogens is 392 g/mol. The van der Waals surface area contributed by atoms with Crippen LogP contribution in [-0.2, 0) is 4.79 Å². The summed E-state index contributed by atoms with van der Waals surface area (Å²) in [6, 6.07) is 13.1. The molecule has 0 aliphatic carbocycles. The number of amides is 1. The second-order valence-electron chi connectivity index (χ2n) is 7.39. The van der Waals surface area contributed by atoms with Crippen LogP contribution >= 0.6 is 0 Å². The number of nitrogens with two attached hydrogens (primary N) is 1. The molecule has 31 heavy (non-hydrogen) atoms. The molecule has 2 aromatic rings. The van der Waals surface area contributed by atoms with Crippen molar-refractivity contribution >= 4 is 23.4 Å². The van der Waals surface area contributed by atoms with Crippen LogP contribution in [0, 0.1) is 28.6 Å². The number of benzene rings is 1. The predicted molar refractivity (Wildman–Crippen MR) is 119 cm³/mol. The molecule has 1 aromatic carbocycles. The van der Waals surface area contributed by atoms with Gasteiger partial charge >= 0.3 is 0 Å². The van der Waals surface area contributed by atoms with E-state index in [4.69, 9.17) is 16.3 Å².